The van der Waals surface area contributed by atoms with E-state index in [0.717, 1.165) is 16.0 Å². The van der Waals surface area contributed by atoms with Gasteiger partial charge in [-0.05, 0) is 35.0 Å². The lowest BCUT2D eigenvalue weighted by Crippen LogP contribution is -2.01. The van der Waals surface area contributed by atoms with Crippen LogP contribution in [0.4, 0.5) is 5.82 Å². The predicted octanol–water partition coefficient (Wildman–Crippen LogP) is 3.30. The van der Waals surface area contributed by atoms with E-state index in [0.29, 0.717) is 16.5 Å². The average Bonchev–Trinajstić information content (AvgIpc) is 2.33. The second kappa shape index (κ2) is 4.98. The van der Waals surface area contributed by atoms with E-state index in [1.165, 1.54) is 0 Å². The molecule has 2 aromatic rings. The summed E-state index contributed by atoms with van der Waals surface area (Å²) in [5, 5.41) is 3.60. The lowest BCUT2D eigenvalue weighted by molar-refractivity contribution is 1.07. The van der Waals surface area contributed by atoms with Crippen molar-refractivity contribution in [2.24, 2.45) is 0 Å². The Hall–Kier alpha value is -1.20. The number of hydrogen-bond acceptors (Lipinski definition) is 4. The maximum absolute atomic E-state index is 5.79. The van der Waals surface area contributed by atoms with E-state index in [1.54, 1.807) is 18.3 Å². The van der Waals surface area contributed by atoms with Crippen LogP contribution in [0.15, 0.2) is 22.8 Å². The van der Waals surface area contributed by atoms with Gasteiger partial charge < -0.3 is 5.32 Å². The molecule has 0 aliphatic heterocycles. The van der Waals surface area contributed by atoms with Gasteiger partial charge in [0.05, 0.1) is 15.2 Å². The first-order valence-corrected chi connectivity index (χ1v) is 6.12. The molecule has 2 rings (SSSR count). The van der Waals surface area contributed by atoms with E-state index < -0.39 is 0 Å². The van der Waals surface area contributed by atoms with Gasteiger partial charge in [-0.15, -0.1) is 0 Å². The van der Waals surface area contributed by atoms with Gasteiger partial charge in [0.2, 0.25) is 0 Å². The summed E-state index contributed by atoms with van der Waals surface area (Å²) in [5.74, 6) is 1.32. The number of pyridine rings is 1. The van der Waals surface area contributed by atoms with Crippen LogP contribution in [-0.2, 0) is 0 Å². The number of rotatable bonds is 2. The molecule has 1 N–H and O–H groups in total. The molecule has 17 heavy (non-hydrogen) atoms. The first-order valence-electron chi connectivity index (χ1n) is 4.95. The summed E-state index contributed by atoms with van der Waals surface area (Å²) in [7, 11) is 1.81. The fourth-order valence-corrected chi connectivity index (χ4v) is 1.83. The minimum absolute atomic E-state index is 0.576. The monoisotopic (exact) mass is 312 g/mol. The zero-order chi connectivity index (χ0) is 12.4. The van der Waals surface area contributed by atoms with Gasteiger partial charge in [-0.2, -0.15) is 0 Å². The zero-order valence-electron chi connectivity index (χ0n) is 9.33. The molecule has 0 bridgehead atoms. The smallest absolute Gasteiger partial charge is 0.180 e. The van der Waals surface area contributed by atoms with E-state index >= 15 is 0 Å². The first kappa shape index (κ1) is 12.3. The summed E-state index contributed by atoms with van der Waals surface area (Å²) in [6.07, 6.45) is 1.58. The molecule has 0 amide bonds. The molecule has 0 fully saturated rings. The van der Waals surface area contributed by atoms with Crippen LogP contribution in [0.3, 0.4) is 0 Å². The molecular weight excluding hydrogens is 304 g/mol. The third-order valence-electron chi connectivity index (χ3n) is 2.21. The number of halogens is 2. The van der Waals surface area contributed by atoms with Crippen LogP contribution in [0.5, 0.6) is 0 Å². The van der Waals surface area contributed by atoms with Gasteiger partial charge in [-0.3, -0.25) is 4.98 Å². The fraction of sp³-hybridized carbons (Fsp3) is 0.182. The van der Waals surface area contributed by atoms with Crippen LogP contribution >= 0.6 is 27.5 Å². The highest BCUT2D eigenvalue weighted by Gasteiger charge is 2.10. The molecule has 2 aromatic heterocycles. The number of hydrogen-bond donors (Lipinski definition) is 1. The van der Waals surface area contributed by atoms with Gasteiger partial charge in [0, 0.05) is 13.2 Å². The van der Waals surface area contributed by atoms with Crippen LogP contribution in [0.1, 0.15) is 5.69 Å². The van der Waals surface area contributed by atoms with E-state index in [9.17, 15) is 0 Å². The third-order valence-corrected chi connectivity index (χ3v) is 3.38. The molecule has 0 atom stereocenters. The van der Waals surface area contributed by atoms with Crippen LogP contribution in [0.2, 0.25) is 5.02 Å². The molecule has 4 nitrogen and oxygen atoms in total. The topological polar surface area (TPSA) is 50.7 Å². The van der Waals surface area contributed by atoms with Crippen molar-refractivity contribution in [3.63, 3.8) is 0 Å². The molecule has 0 spiro atoms. The Morgan fingerprint density at radius 1 is 1.29 bits per heavy atom. The molecule has 0 aliphatic rings. The highest BCUT2D eigenvalue weighted by Crippen LogP contribution is 2.25. The summed E-state index contributed by atoms with van der Waals surface area (Å²) >= 11 is 9.22. The average molecular weight is 314 g/mol. The van der Waals surface area contributed by atoms with Crippen molar-refractivity contribution in [2.75, 3.05) is 12.4 Å². The van der Waals surface area contributed by atoms with Crippen molar-refractivity contribution in [1.29, 1.82) is 0 Å². The summed E-state index contributed by atoms with van der Waals surface area (Å²) in [6.45, 7) is 1.91. The number of aromatic nitrogens is 3. The Bertz CT molecular complexity index is 542. The Morgan fingerprint density at radius 2 is 2.06 bits per heavy atom. The van der Waals surface area contributed by atoms with E-state index in [1.807, 2.05) is 14.0 Å². The zero-order valence-corrected chi connectivity index (χ0v) is 11.7. The summed E-state index contributed by atoms with van der Waals surface area (Å²) in [5.41, 5.74) is 1.55. The molecule has 0 saturated heterocycles. The molecule has 0 aromatic carbocycles. The van der Waals surface area contributed by atoms with Crippen molar-refractivity contribution in [1.82, 2.24) is 15.0 Å². The minimum Gasteiger partial charge on any atom is -0.372 e. The van der Waals surface area contributed by atoms with Crippen molar-refractivity contribution in [3.8, 4) is 11.5 Å². The summed E-state index contributed by atoms with van der Waals surface area (Å²) in [4.78, 5) is 12.9. The molecule has 0 unspecified atom stereocenters. The second-order valence-corrected chi connectivity index (χ2v) is 4.64. The largest absolute Gasteiger partial charge is 0.372 e. The van der Waals surface area contributed by atoms with Crippen LogP contribution in [0.25, 0.3) is 11.5 Å². The number of nitrogens with one attached hydrogen (secondary N) is 1. The SMILES string of the molecule is CNc1nc(-c2ccc(Cl)cn2)nc(C)c1Br. The van der Waals surface area contributed by atoms with Crippen molar-refractivity contribution in [2.45, 2.75) is 6.92 Å². The molecule has 0 saturated carbocycles. The summed E-state index contributed by atoms with van der Waals surface area (Å²) < 4.78 is 0.859. The number of nitrogens with zero attached hydrogens (tertiary/aromatic N) is 3. The van der Waals surface area contributed by atoms with Gasteiger partial charge in [0.25, 0.3) is 0 Å². The van der Waals surface area contributed by atoms with Gasteiger partial charge in [0.1, 0.15) is 11.5 Å². The predicted molar refractivity (Wildman–Crippen MR) is 72.3 cm³/mol. The van der Waals surface area contributed by atoms with Crippen molar-refractivity contribution >= 4 is 33.3 Å². The molecule has 0 radical (unpaired) electrons. The third kappa shape index (κ3) is 2.56. The highest BCUT2D eigenvalue weighted by atomic mass is 79.9. The van der Waals surface area contributed by atoms with Crippen LogP contribution in [-0.4, -0.2) is 22.0 Å². The Balaban J connectivity index is 2.52. The Labute approximate surface area is 113 Å². The maximum Gasteiger partial charge on any atom is 0.180 e. The fourth-order valence-electron chi connectivity index (χ4n) is 1.35. The highest BCUT2D eigenvalue weighted by molar-refractivity contribution is 9.10. The number of anilines is 1. The standard InChI is InChI=1S/C11H10BrClN4/c1-6-9(12)11(14-2)17-10(16-6)8-4-3-7(13)5-15-8/h3-5H,1-2H3,(H,14,16,17). The molecule has 88 valence electrons. The molecular formula is C11H10BrClN4. The molecule has 6 heteroatoms. The van der Waals surface area contributed by atoms with E-state index in [4.69, 9.17) is 11.6 Å². The van der Waals surface area contributed by atoms with Crippen LogP contribution < -0.4 is 5.32 Å². The lowest BCUT2D eigenvalue weighted by Gasteiger charge is -2.08. The first-order chi connectivity index (χ1) is 8.11. The Morgan fingerprint density at radius 3 is 2.65 bits per heavy atom. The summed E-state index contributed by atoms with van der Waals surface area (Å²) in [6, 6.07) is 3.56. The quantitative estimate of drug-likeness (QED) is 0.924. The van der Waals surface area contributed by atoms with Gasteiger partial charge >= 0.3 is 0 Å². The van der Waals surface area contributed by atoms with Gasteiger partial charge in [-0.1, -0.05) is 11.6 Å². The van der Waals surface area contributed by atoms with Crippen molar-refractivity contribution in [3.05, 3.63) is 33.5 Å². The Kier molecular flexibility index (Phi) is 3.59. The van der Waals surface area contributed by atoms with E-state index in [-0.39, 0.29) is 0 Å². The van der Waals surface area contributed by atoms with Gasteiger partial charge in [-0.25, -0.2) is 9.97 Å². The second-order valence-electron chi connectivity index (χ2n) is 3.41. The normalized spacial score (nSPS) is 10.4. The van der Waals surface area contributed by atoms with Gasteiger partial charge in [0.15, 0.2) is 5.82 Å². The maximum atomic E-state index is 5.79. The van der Waals surface area contributed by atoms with Crippen molar-refractivity contribution < 1.29 is 0 Å². The van der Waals surface area contributed by atoms with Crippen LogP contribution in [0, 0.1) is 6.92 Å². The molecule has 0 aliphatic carbocycles. The van der Waals surface area contributed by atoms with E-state index in [2.05, 4.69) is 36.2 Å². The lowest BCUT2D eigenvalue weighted by atomic mass is 10.3. The molecule has 2 heterocycles. The minimum atomic E-state index is 0.576. The number of aryl methyl sites for hydroxylation is 1.